The van der Waals surface area contributed by atoms with E-state index in [1.807, 2.05) is 6.07 Å². The molecule has 0 atom stereocenters. The topological polar surface area (TPSA) is 67.6 Å². The Hall–Kier alpha value is -1.75. The van der Waals surface area contributed by atoms with E-state index in [1.54, 1.807) is 26.3 Å². The molecule has 3 N–H and O–H groups in total. The summed E-state index contributed by atoms with van der Waals surface area (Å²) in [6.45, 7) is 2.73. The molecule has 1 fully saturated rings. The third-order valence-corrected chi connectivity index (χ3v) is 3.88. The fourth-order valence-electron chi connectivity index (χ4n) is 2.68. The van der Waals surface area contributed by atoms with Crippen LogP contribution in [0.25, 0.3) is 0 Å². The molecule has 2 rings (SSSR count). The van der Waals surface area contributed by atoms with E-state index in [1.165, 1.54) is 0 Å². The third-order valence-electron chi connectivity index (χ3n) is 3.88. The molecule has 1 amide bonds. The molecule has 20 heavy (non-hydrogen) atoms. The van der Waals surface area contributed by atoms with Gasteiger partial charge < -0.3 is 20.7 Å². The fourth-order valence-corrected chi connectivity index (χ4v) is 2.68. The number of amides is 1. The highest BCUT2D eigenvalue weighted by Gasteiger charge is 2.21. The minimum absolute atomic E-state index is 0.0829. The van der Waals surface area contributed by atoms with E-state index in [-0.39, 0.29) is 5.91 Å². The van der Waals surface area contributed by atoms with Gasteiger partial charge in [0, 0.05) is 39.4 Å². The molecule has 0 bridgehead atoms. The molecule has 0 unspecified atom stereocenters. The normalized spacial score (nSPS) is 16.2. The van der Waals surface area contributed by atoms with Gasteiger partial charge in [-0.3, -0.25) is 4.79 Å². The zero-order valence-electron chi connectivity index (χ0n) is 12.2. The maximum atomic E-state index is 11.7. The van der Waals surface area contributed by atoms with Crippen molar-refractivity contribution in [3.63, 3.8) is 0 Å². The Kier molecular flexibility index (Phi) is 4.84. The Bertz CT molecular complexity index is 468. The van der Waals surface area contributed by atoms with Gasteiger partial charge in [0.15, 0.2) is 0 Å². The monoisotopic (exact) mass is 277 g/mol. The molecule has 5 heteroatoms. The van der Waals surface area contributed by atoms with Crippen molar-refractivity contribution < 1.29 is 9.53 Å². The summed E-state index contributed by atoms with van der Waals surface area (Å²) in [6, 6.07) is 5.45. The van der Waals surface area contributed by atoms with Crippen LogP contribution in [0.2, 0.25) is 0 Å². The maximum Gasteiger partial charge on any atom is 0.251 e. The molecule has 5 nitrogen and oxygen atoms in total. The van der Waals surface area contributed by atoms with Crippen molar-refractivity contribution in [1.82, 2.24) is 5.32 Å². The Morgan fingerprint density at radius 3 is 2.75 bits per heavy atom. The van der Waals surface area contributed by atoms with Crippen LogP contribution in [0.4, 0.5) is 11.4 Å². The molecule has 1 aromatic carbocycles. The lowest BCUT2D eigenvalue weighted by atomic mass is 9.97. The van der Waals surface area contributed by atoms with Crippen molar-refractivity contribution in [3.05, 3.63) is 23.8 Å². The summed E-state index contributed by atoms with van der Waals surface area (Å²) in [6.07, 6.45) is 2.19. The number of methoxy groups -OCH3 is 1. The van der Waals surface area contributed by atoms with Crippen molar-refractivity contribution in [3.8, 4) is 0 Å². The van der Waals surface area contributed by atoms with Crippen molar-refractivity contribution >= 4 is 17.3 Å². The zero-order chi connectivity index (χ0) is 14.5. The Labute approximate surface area is 120 Å². The Morgan fingerprint density at radius 2 is 2.15 bits per heavy atom. The lowest BCUT2D eigenvalue weighted by Gasteiger charge is -2.34. The van der Waals surface area contributed by atoms with Crippen molar-refractivity contribution in [2.45, 2.75) is 12.8 Å². The largest absolute Gasteiger partial charge is 0.397 e. The summed E-state index contributed by atoms with van der Waals surface area (Å²) in [4.78, 5) is 14.0. The molecule has 1 heterocycles. The Morgan fingerprint density at radius 1 is 1.45 bits per heavy atom. The Balaban J connectivity index is 2.11. The molecule has 0 aromatic heterocycles. The van der Waals surface area contributed by atoms with Gasteiger partial charge in [-0.05, 0) is 37.0 Å². The minimum Gasteiger partial charge on any atom is -0.397 e. The lowest BCUT2D eigenvalue weighted by molar-refractivity contribution is 0.0963. The van der Waals surface area contributed by atoms with Gasteiger partial charge in [0.05, 0.1) is 11.4 Å². The molecule has 0 radical (unpaired) electrons. The number of rotatable bonds is 4. The summed E-state index contributed by atoms with van der Waals surface area (Å²) in [5, 5.41) is 2.64. The average Bonchev–Trinajstić information content (AvgIpc) is 2.48. The number of hydrogen-bond donors (Lipinski definition) is 2. The van der Waals surface area contributed by atoms with Gasteiger partial charge in [0.25, 0.3) is 5.91 Å². The van der Waals surface area contributed by atoms with Crippen LogP contribution >= 0.6 is 0 Å². The molecule has 1 aliphatic rings. The molecule has 0 spiro atoms. The average molecular weight is 277 g/mol. The summed E-state index contributed by atoms with van der Waals surface area (Å²) < 4.78 is 5.21. The van der Waals surface area contributed by atoms with Crippen LogP contribution in [-0.2, 0) is 4.74 Å². The van der Waals surface area contributed by atoms with E-state index in [4.69, 9.17) is 10.5 Å². The lowest BCUT2D eigenvalue weighted by Crippen LogP contribution is -2.35. The first-order valence-corrected chi connectivity index (χ1v) is 7.01. The van der Waals surface area contributed by atoms with E-state index in [0.717, 1.165) is 43.9 Å². The smallest absolute Gasteiger partial charge is 0.251 e. The van der Waals surface area contributed by atoms with Crippen molar-refractivity contribution in [2.75, 3.05) is 44.5 Å². The van der Waals surface area contributed by atoms with E-state index in [9.17, 15) is 4.79 Å². The molecule has 1 aliphatic heterocycles. The molecule has 0 aliphatic carbocycles. The van der Waals surface area contributed by atoms with Crippen LogP contribution < -0.4 is 16.0 Å². The second-order valence-electron chi connectivity index (χ2n) is 5.24. The molecular weight excluding hydrogens is 254 g/mol. The summed E-state index contributed by atoms with van der Waals surface area (Å²) in [5.41, 5.74) is 8.39. The second-order valence-corrected chi connectivity index (χ2v) is 5.24. The van der Waals surface area contributed by atoms with Crippen LogP contribution in [0.3, 0.4) is 0 Å². The number of nitrogens with two attached hydrogens (primary N) is 1. The molecule has 110 valence electrons. The van der Waals surface area contributed by atoms with Gasteiger partial charge >= 0.3 is 0 Å². The summed E-state index contributed by atoms with van der Waals surface area (Å²) in [7, 11) is 3.38. The molecule has 1 aromatic rings. The van der Waals surface area contributed by atoms with Crippen molar-refractivity contribution in [2.24, 2.45) is 5.92 Å². The number of anilines is 2. The summed E-state index contributed by atoms with van der Waals surface area (Å²) in [5.74, 6) is 0.542. The third kappa shape index (κ3) is 3.22. The van der Waals surface area contributed by atoms with E-state index >= 15 is 0 Å². The molecular formula is C15H23N3O2. The van der Waals surface area contributed by atoms with Crippen LogP contribution in [0, 0.1) is 5.92 Å². The first-order chi connectivity index (χ1) is 9.65. The van der Waals surface area contributed by atoms with Crippen LogP contribution in [0.5, 0.6) is 0 Å². The predicted molar refractivity (Wildman–Crippen MR) is 81.1 cm³/mol. The number of nitrogens with zero attached hydrogens (tertiary/aromatic N) is 1. The first kappa shape index (κ1) is 14.7. The SMILES string of the molecule is CNC(=O)c1ccc(N)c(N2CCC(COC)CC2)c1. The van der Waals surface area contributed by atoms with Crippen molar-refractivity contribution in [1.29, 1.82) is 0 Å². The number of carbonyl (C=O) groups excluding carboxylic acids is 1. The highest BCUT2D eigenvalue weighted by atomic mass is 16.5. The number of piperidine rings is 1. The van der Waals surface area contributed by atoms with E-state index in [0.29, 0.717) is 11.5 Å². The number of hydrogen-bond acceptors (Lipinski definition) is 4. The molecule has 0 saturated carbocycles. The highest BCUT2D eigenvalue weighted by molar-refractivity contribution is 5.96. The first-order valence-electron chi connectivity index (χ1n) is 7.01. The van der Waals surface area contributed by atoms with Crippen LogP contribution in [-0.4, -0.2) is 39.8 Å². The van der Waals surface area contributed by atoms with Gasteiger partial charge in [0.1, 0.15) is 0 Å². The predicted octanol–water partition coefficient (Wildman–Crippen LogP) is 1.49. The number of benzene rings is 1. The molecule has 1 saturated heterocycles. The second kappa shape index (κ2) is 6.61. The summed E-state index contributed by atoms with van der Waals surface area (Å²) >= 11 is 0. The number of carbonyl (C=O) groups is 1. The van der Waals surface area contributed by atoms with Gasteiger partial charge in [-0.15, -0.1) is 0 Å². The maximum absolute atomic E-state index is 11.7. The fraction of sp³-hybridized carbons (Fsp3) is 0.533. The van der Waals surface area contributed by atoms with E-state index in [2.05, 4.69) is 10.2 Å². The van der Waals surface area contributed by atoms with Crippen LogP contribution in [0.15, 0.2) is 18.2 Å². The zero-order valence-corrected chi connectivity index (χ0v) is 12.2. The minimum atomic E-state index is -0.0829. The van der Waals surface area contributed by atoms with Gasteiger partial charge in [-0.2, -0.15) is 0 Å². The van der Waals surface area contributed by atoms with Gasteiger partial charge in [-0.1, -0.05) is 0 Å². The van der Waals surface area contributed by atoms with Gasteiger partial charge in [0.2, 0.25) is 0 Å². The standard InChI is InChI=1S/C15H23N3O2/c1-17-15(19)12-3-4-13(16)14(9-12)18-7-5-11(6-8-18)10-20-2/h3-4,9,11H,5-8,10,16H2,1-2H3,(H,17,19). The quantitative estimate of drug-likeness (QED) is 0.818. The van der Waals surface area contributed by atoms with E-state index < -0.39 is 0 Å². The highest BCUT2D eigenvalue weighted by Crippen LogP contribution is 2.29. The van der Waals surface area contributed by atoms with Crippen LogP contribution in [0.1, 0.15) is 23.2 Å². The number of ether oxygens (including phenoxy) is 1. The number of nitrogens with one attached hydrogen (secondary N) is 1. The number of nitrogen functional groups attached to an aromatic ring is 1. The van der Waals surface area contributed by atoms with Gasteiger partial charge in [-0.25, -0.2) is 0 Å².